The summed E-state index contributed by atoms with van der Waals surface area (Å²) in [4.78, 5) is 12.4. The molecule has 100 valence electrons. The van der Waals surface area contributed by atoms with Crippen LogP contribution in [0.15, 0.2) is 18.3 Å². The summed E-state index contributed by atoms with van der Waals surface area (Å²) in [5, 5.41) is 2.88. The highest BCUT2D eigenvalue weighted by molar-refractivity contribution is 5.57. The number of nitrogens with zero attached hydrogens (tertiary/aromatic N) is 3. The van der Waals surface area contributed by atoms with Gasteiger partial charge in [-0.1, -0.05) is 0 Å². The van der Waals surface area contributed by atoms with Crippen LogP contribution >= 0.6 is 0 Å². The lowest BCUT2D eigenvalue weighted by Gasteiger charge is -2.08. The molecule has 2 aromatic rings. The van der Waals surface area contributed by atoms with E-state index in [1.807, 2.05) is 6.92 Å². The number of hydrogen-bond donors (Lipinski definition) is 1. The molecular weight excluding hydrogens is 247 g/mol. The number of anilines is 1. The van der Waals surface area contributed by atoms with E-state index in [1.165, 1.54) is 0 Å². The summed E-state index contributed by atoms with van der Waals surface area (Å²) >= 11 is 0. The van der Waals surface area contributed by atoms with Crippen LogP contribution in [0, 0.1) is 12.7 Å². The van der Waals surface area contributed by atoms with E-state index in [4.69, 9.17) is 4.74 Å². The molecule has 0 aliphatic rings. The Balaban J connectivity index is 2.43. The molecule has 0 saturated carbocycles. The zero-order chi connectivity index (χ0) is 13.8. The maximum Gasteiger partial charge on any atom is 0.212 e. The summed E-state index contributed by atoms with van der Waals surface area (Å²) in [6.45, 7) is 4.08. The first-order chi connectivity index (χ1) is 9.15. The smallest absolute Gasteiger partial charge is 0.212 e. The van der Waals surface area contributed by atoms with Crippen LogP contribution in [0.4, 0.5) is 10.2 Å². The Morgan fingerprint density at radius 1 is 1.32 bits per heavy atom. The summed E-state index contributed by atoms with van der Waals surface area (Å²) < 4.78 is 18.8. The van der Waals surface area contributed by atoms with Crippen LogP contribution in [0.3, 0.4) is 0 Å². The van der Waals surface area contributed by atoms with Crippen molar-refractivity contribution in [1.29, 1.82) is 0 Å². The summed E-state index contributed by atoms with van der Waals surface area (Å²) in [6, 6.07) is 3.50. The molecular formula is C13H15FN4O. The fourth-order valence-corrected chi connectivity index (χ4v) is 1.61. The molecule has 19 heavy (non-hydrogen) atoms. The predicted octanol–water partition coefficient (Wildman–Crippen LogP) is 2.43. The van der Waals surface area contributed by atoms with E-state index in [2.05, 4.69) is 20.3 Å². The monoisotopic (exact) mass is 262 g/mol. The molecule has 0 saturated heterocycles. The van der Waals surface area contributed by atoms with Crippen molar-refractivity contribution < 1.29 is 9.13 Å². The van der Waals surface area contributed by atoms with Crippen molar-refractivity contribution in [2.75, 3.05) is 19.0 Å². The number of aryl methyl sites for hydroxylation is 1. The Kier molecular flexibility index (Phi) is 3.89. The highest BCUT2D eigenvalue weighted by Crippen LogP contribution is 2.21. The number of nitrogens with one attached hydrogen (secondary N) is 1. The van der Waals surface area contributed by atoms with Gasteiger partial charge in [0, 0.05) is 24.4 Å². The van der Waals surface area contributed by atoms with Crippen molar-refractivity contribution in [3.8, 4) is 17.3 Å². The summed E-state index contributed by atoms with van der Waals surface area (Å²) in [7, 11) is 1.55. The van der Waals surface area contributed by atoms with Gasteiger partial charge in [-0.15, -0.1) is 0 Å². The molecule has 2 heterocycles. The lowest BCUT2D eigenvalue weighted by atomic mass is 10.2. The third-order valence-electron chi connectivity index (χ3n) is 2.56. The number of hydrogen-bond acceptors (Lipinski definition) is 5. The number of ether oxygens (including phenoxy) is 1. The van der Waals surface area contributed by atoms with Crippen molar-refractivity contribution >= 4 is 5.82 Å². The molecule has 0 atom stereocenters. The van der Waals surface area contributed by atoms with Gasteiger partial charge >= 0.3 is 0 Å². The fourth-order valence-electron chi connectivity index (χ4n) is 1.61. The summed E-state index contributed by atoms with van der Waals surface area (Å²) in [6.07, 6.45) is 1.60. The third kappa shape index (κ3) is 2.78. The minimum Gasteiger partial charge on any atom is -0.481 e. The van der Waals surface area contributed by atoms with Gasteiger partial charge in [0.05, 0.1) is 12.8 Å². The van der Waals surface area contributed by atoms with Gasteiger partial charge in [0.1, 0.15) is 0 Å². The molecule has 2 rings (SSSR count). The van der Waals surface area contributed by atoms with Gasteiger partial charge in [-0.05, 0) is 19.9 Å². The van der Waals surface area contributed by atoms with Crippen molar-refractivity contribution in [3.63, 3.8) is 0 Å². The highest BCUT2D eigenvalue weighted by Gasteiger charge is 2.12. The van der Waals surface area contributed by atoms with E-state index < -0.39 is 5.82 Å². The molecule has 0 aromatic carbocycles. The molecule has 1 N–H and O–H groups in total. The number of rotatable bonds is 4. The minimum absolute atomic E-state index is 0.209. The Morgan fingerprint density at radius 2 is 2.11 bits per heavy atom. The number of halogens is 1. The normalized spacial score (nSPS) is 10.3. The maximum atomic E-state index is 13.8. The van der Waals surface area contributed by atoms with E-state index in [0.29, 0.717) is 29.5 Å². The molecule has 2 aromatic heterocycles. The molecule has 0 radical (unpaired) electrons. The SMILES string of the molecule is CCNc1nc(-c2ccc(OC)nc2)nc(C)c1F. The minimum atomic E-state index is -0.424. The first kappa shape index (κ1) is 13.2. The zero-order valence-corrected chi connectivity index (χ0v) is 11.1. The molecule has 5 nitrogen and oxygen atoms in total. The standard InChI is InChI=1S/C13H15FN4O/c1-4-15-13-11(14)8(2)17-12(18-13)9-5-6-10(19-3)16-7-9/h5-7H,4H2,1-3H3,(H,15,17,18). The first-order valence-electron chi connectivity index (χ1n) is 5.94. The Morgan fingerprint density at radius 3 is 2.68 bits per heavy atom. The second kappa shape index (κ2) is 5.60. The van der Waals surface area contributed by atoms with Crippen molar-refractivity contribution in [1.82, 2.24) is 15.0 Å². The van der Waals surface area contributed by atoms with Crippen molar-refractivity contribution in [2.24, 2.45) is 0 Å². The predicted molar refractivity (Wildman–Crippen MR) is 70.7 cm³/mol. The number of methoxy groups -OCH3 is 1. The second-order valence-corrected chi connectivity index (χ2v) is 3.91. The van der Waals surface area contributed by atoms with Crippen LogP contribution < -0.4 is 10.1 Å². The first-order valence-corrected chi connectivity index (χ1v) is 5.94. The molecule has 0 amide bonds. The zero-order valence-electron chi connectivity index (χ0n) is 11.1. The average molecular weight is 262 g/mol. The molecule has 0 aliphatic heterocycles. The number of aromatic nitrogens is 3. The van der Waals surface area contributed by atoms with E-state index in [0.717, 1.165) is 0 Å². The van der Waals surface area contributed by atoms with Gasteiger partial charge in [-0.2, -0.15) is 0 Å². The summed E-state index contributed by atoms with van der Waals surface area (Å²) in [5.74, 6) is 0.729. The lowest BCUT2D eigenvalue weighted by Crippen LogP contribution is -2.07. The van der Waals surface area contributed by atoms with E-state index in [9.17, 15) is 4.39 Å². The van der Waals surface area contributed by atoms with Gasteiger partial charge in [0.15, 0.2) is 17.5 Å². The van der Waals surface area contributed by atoms with Crippen LogP contribution in [-0.2, 0) is 0 Å². The van der Waals surface area contributed by atoms with Gasteiger partial charge in [-0.25, -0.2) is 19.3 Å². The topological polar surface area (TPSA) is 59.9 Å². The summed E-state index contributed by atoms with van der Waals surface area (Å²) in [5.41, 5.74) is 1.01. The largest absolute Gasteiger partial charge is 0.481 e. The van der Waals surface area contributed by atoms with Crippen LogP contribution in [-0.4, -0.2) is 28.6 Å². The molecule has 6 heteroatoms. The maximum absolute atomic E-state index is 13.8. The quantitative estimate of drug-likeness (QED) is 0.917. The van der Waals surface area contributed by atoms with Gasteiger partial charge in [0.25, 0.3) is 0 Å². The van der Waals surface area contributed by atoms with E-state index >= 15 is 0 Å². The Bertz CT molecular complexity index is 572. The second-order valence-electron chi connectivity index (χ2n) is 3.91. The third-order valence-corrected chi connectivity index (χ3v) is 2.56. The van der Waals surface area contributed by atoms with E-state index in [-0.39, 0.29) is 5.82 Å². The van der Waals surface area contributed by atoms with Crippen LogP contribution in [0.1, 0.15) is 12.6 Å². The Hall–Kier alpha value is -2.24. The van der Waals surface area contributed by atoms with Crippen LogP contribution in [0.2, 0.25) is 0 Å². The number of pyridine rings is 1. The van der Waals surface area contributed by atoms with Crippen LogP contribution in [0.25, 0.3) is 11.4 Å². The highest BCUT2D eigenvalue weighted by atomic mass is 19.1. The lowest BCUT2D eigenvalue weighted by molar-refractivity contribution is 0.398. The van der Waals surface area contributed by atoms with Gasteiger partial charge < -0.3 is 10.1 Å². The van der Waals surface area contributed by atoms with Crippen LogP contribution in [0.5, 0.6) is 5.88 Å². The molecule has 0 bridgehead atoms. The van der Waals surface area contributed by atoms with Crippen molar-refractivity contribution in [3.05, 3.63) is 29.8 Å². The Labute approximate surface area is 110 Å². The van der Waals surface area contributed by atoms with Crippen molar-refractivity contribution in [2.45, 2.75) is 13.8 Å². The molecule has 0 spiro atoms. The fraction of sp³-hybridized carbons (Fsp3) is 0.308. The molecule has 0 aliphatic carbocycles. The molecule has 0 fully saturated rings. The molecule has 0 unspecified atom stereocenters. The average Bonchev–Trinajstić information content (AvgIpc) is 2.44. The van der Waals surface area contributed by atoms with Gasteiger partial charge in [-0.3, -0.25) is 0 Å². The van der Waals surface area contributed by atoms with Gasteiger partial charge in [0.2, 0.25) is 5.88 Å². The van der Waals surface area contributed by atoms with E-state index in [1.54, 1.807) is 32.4 Å².